The van der Waals surface area contributed by atoms with E-state index in [2.05, 4.69) is 155 Å². The van der Waals surface area contributed by atoms with Crippen molar-refractivity contribution < 1.29 is 18.0 Å². The zero-order chi connectivity index (χ0) is 48.4. The molecule has 4 aromatic rings. The molecule has 2 aliphatic heterocycles. The summed E-state index contributed by atoms with van der Waals surface area (Å²) in [5.74, 6) is 2.65. The summed E-state index contributed by atoms with van der Waals surface area (Å²) in [5.41, 5.74) is 12.0. The molecule has 4 atom stereocenters. The predicted molar refractivity (Wildman–Crippen MR) is 280 cm³/mol. The molecule has 0 bridgehead atoms. The van der Waals surface area contributed by atoms with Crippen LogP contribution in [0.5, 0.6) is 23.0 Å². The van der Waals surface area contributed by atoms with Crippen LogP contribution in [0.2, 0.25) is 0 Å². The van der Waals surface area contributed by atoms with Crippen LogP contribution < -0.4 is 15.2 Å². The van der Waals surface area contributed by atoms with Gasteiger partial charge >= 0.3 is 30.3 Å². The molecule has 4 aromatic carbocycles. The van der Waals surface area contributed by atoms with E-state index < -0.39 is 30.3 Å². The minimum absolute atomic E-state index is 0.0843. The highest BCUT2D eigenvalue weighted by molar-refractivity contribution is 6.54. The van der Waals surface area contributed by atoms with Crippen molar-refractivity contribution in [1.82, 2.24) is 9.80 Å². The summed E-state index contributed by atoms with van der Waals surface area (Å²) in [6, 6.07) is 17.1. The van der Waals surface area contributed by atoms with Crippen molar-refractivity contribution in [1.29, 1.82) is 0 Å². The van der Waals surface area contributed by atoms with E-state index in [9.17, 15) is 0 Å². The summed E-state index contributed by atoms with van der Waals surface area (Å²) < 4.78 is 36.1. The minimum Gasteiger partial charge on any atom is -0.589 e. The van der Waals surface area contributed by atoms with E-state index in [1.165, 1.54) is 22.3 Å². The van der Waals surface area contributed by atoms with Crippen LogP contribution in [-0.4, -0.2) is 115 Å². The number of aliphatic imine (C=N–C) groups is 4. The van der Waals surface area contributed by atoms with Gasteiger partial charge in [-0.05, 0) is 163 Å². The van der Waals surface area contributed by atoms with Crippen molar-refractivity contribution >= 4 is 55.2 Å². The summed E-state index contributed by atoms with van der Waals surface area (Å²) >= 11 is -6.67. The molecule has 0 spiro atoms. The molecule has 0 amide bonds. The lowest BCUT2D eigenvalue weighted by molar-refractivity contribution is 0.234. The third-order valence-corrected chi connectivity index (χ3v) is 16.6. The number of fused-ring (bicyclic) bond motifs is 4. The number of hydrogen-bond donors (Lipinski definition) is 0. The molecule has 0 fully saturated rings. The van der Waals surface area contributed by atoms with E-state index >= 15 is 0 Å². The molecule has 0 saturated carbocycles. The Morgan fingerprint density at radius 2 is 0.672 bits per heavy atom. The first-order valence-corrected chi connectivity index (χ1v) is 27.4. The Kier molecular flexibility index (Phi) is 18.9. The second-order valence-electron chi connectivity index (χ2n) is 18.2. The quantitative estimate of drug-likeness (QED) is 0.130. The summed E-state index contributed by atoms with van der Waals surface area (Å²) in [4.78, 5) is 25.1. The lowest BCUT2D eigenvalue weighted by Gasteiger charge is -2.26. The predicted octanol–water partition coefficient (Wildman–Crippen LogP) is 10.6. The van der Waals surface area contributed by atoms with Crippen LogP contribution >= 0.6 is 0 Å². The van der Waals surface area contributed by atoms with E-state index in [0.717, 1.165) is 96.6 Å². The zero-order valence-corrected chi connectivity index (χ0v) is 45.1. The standard InChI is InChI=1S/C30H46N4O2.C24H32N2O2.2Al.O/c1-9-33(10-2)19-25-13-21(5)29(35)27(15-25)17-31-23(7)24(8)32-18-28-16-26(14-22(6)30(28)36)20-34(11-3)12-4;1-7-19-9-15(3)23(27)21(11-19)13-25-17(5)18(6)26-14-22-12-20(8-2)10-16(4)24(22)28;;;/h13-18,23-24,35-36H,9-12,19-20H2,1-8H3;9-14,17-18,27-28H,7-8H2,1-6H3;;;/q;;2*+2;/p-4/t23-,24-;17-,18-;;;/m11.../s1. The molecule has 11 nitrogen and oxygen atoms in total. The third-order valence-electron chi connectivity index (χ3n) is 13.1. The molecule has 6 rings (SSSR count). The molecule has 0 unspecified atom stereocenters. The van der Waals surface area contributed by atoms with Crippen LogP contribution in [0.4, 0.5) is 0 Å². The van der Waals surface area contributed by atoms with Crippen LogP contribution in [0.15, 0.2) is 68.5 Å². The third kappa shape index (κ3) is 13.5. The Morgan fingerprint density at radius 3 is 0.925 bits per heavy atom. The first-order valence-electron chi connectivity index (χ1n) is 24.6. The van der Waals surface area contributed by atoms with Crippen LogP contribution in [-0.2, 0) is 28.8 Å². The van der Waals surface area contributed by atoms with Crippen molar-refractivity contribution in [3.05, 3.63) is 115 Å². The highest BCUT2D eigenvalue weighted by Crippen LogP contribution is 2.34. The molecule has 67 heavy (non-hydrogen) atoms. The first-order chi connectivity index (χ1) is 32.2. The van der Waals surface area contributed by atoms with Crippen molar-refractivity contribution in [2.24, 2.45) is 20.0 Å². The van der Waals surface area contributed by atoms with Gasteiger partial charge in [0.05, 0.1) is 47.2 Å². The number of aryl methyl sites for hydroxylation is 6. The first kappa shape index (κ1) is 52.1. The smallest absolute Gasteiger partial charge is 0.589 e. The lowest BCUT2D eigenvalue weighted by Crippen LogP contribution is -2.46. The molecule has 0 aromatic heterocycles. The summed E-state index contributed by atoms with van der Waals surface area (Å²) in [7, 11) is 0. The monoisotopic (exact) mass is 941 g/mol. The Labute approximate surface area is 412 Å². The van der Waals surface area contributed by atoms with Gasteiger partial charge < -0.3 is 18.0 Å². The molecule has 2 aliphatic rings. The van der Waals surface area contributed by atoms with Gasteiger partial charge in [-0.3, -0.25) is 29.8 Å². The second kappa shape index (κ2) is 24.3. The zero-order valence-electron chi connectivity index (χ0n) is 42.8. The number of nitrogens with zero attached hydrogens (tertiary/aromatic N) is 6. The Bertz CT molecular complexity index is 2280. The Morgan fingerprint density at radius 1 is 0.418 bits per heavy atom. The molecule has 356 valence electrons. The maximum absolute atomic E-state index is 7.30. The fraction of sp³-hybridized carbons (Fsp3) is 0.481. The summed E-state index contributed by atoms with van der Waals surface area (Å²) in [5, 5.41) is 0. The topological polar surface area (TPSA) is 102 Å². The van der Waals surface area contributed by atoms with Gasteiger partial charge in [-0.15, -0.1) is 0 Å². The highest BCUT2D eigenvalue weighted by atomic mass is 27.3. The molecule has 0 N–H and O–H groups in total. The van der Waals surface area contributed by atoms with Crippen molar-refractivity contribution in [3.63, 3.8) is 0 Å². The van der Waals surface area contributed by atoms with E-state index in [1.807, 2.05) is 24.9 Å². The van der Waals surface area contributed by atoms with Crippen molar-refractivity contribution in [3.8, 4) is 23.0 Å². The second-order valence-corrected chi connectivity index (χ2v) is 21.4. The van der Waals surface area contributed by atoms with Crippen LogP contribution in [0.25, 0.3) is 0 Å². The fourth-order valence-corrected chi connectivity index (χ4v) is 12.2. The fourth-order valence-electron chi connectivity index (χ4n) is 8.47. The van der Waals surface area contributed by atoms with Crippen molar-refractivity contribution in [2.45, 2.75) is 147 Å². The largest absolute Gasteiger partial charge is 1.07 e. The van der Waals surface area contributed by atoms with Gasteiger partial charge in [-0.25, -0.2) is 0 Å². The van der Waals surface area contributed by atoms with E-state index in [0.29, 0.717) is 23.0 Å². The van der Waals surface area contributed by atoms with Gasteiger partial charge in [-0.1, -0.05) is 65.8 Å². The molecular formula is C54H74Al2N6O5. The Balaban J connectivity index is 1.57. The van der Waals surface area contributed by atoms with Gasteiger partial charge in [0.2, 0.25) is 0 Å². The van der Waals surface area contributed by atoms with Gasteiger partial charge in [0, 0.05) is 60.2 Å². The normalized spacial score (nSPS) is 18.7. The number of benzene rings is 4. The molecule has 0 saturated heterocycles. The maximum Gasteiger partial charge on any atom is 1.07 e. The van der Waals surface area contributed by atoms with E-state index in [4.69, 9.17) is 38.0 Å². The molecule has 0 radical (unpaired) electrons. The van der Waals surface area contributed by atoms with Gasteiger partial charge in [0.25, 0.3) is 0 Å². The van der Waals surface area contributed by atoms with Gasteiger partial charge in [-0.2, -0.15) is 0 Å². The molecular weight excluding hydrogens is 867 g/mol. The SMILES string of the molecule is CCc1cc(C)c2c(c1)C=N[C@H](C)[C@@H](C)N=Cc1cc(CC)cc(C)c1[O][Al]([O][Al]1[O]c3c(C)cc(CN(CC)CC)cc3C=N[C@H](C)[C@@H](C)N=Cc3cc(CN(CC)CC)cc(C)c3[O]1)[O]2. The van der Waals surface area contributed by atoms with Gasteiger partial charge in [0.15, 0.2) is 0 Å². The summed E-state index contributed by atoms with van der Waals surface area (Å²) in [6.07, 6.45) is 9.45. The molecule has 13 heteroatoms. The Hall–Kier alpha value is -4.30. The average Bonchev–Trinajstić information content (AvgIpc) is 3.32. The number of hydrogen-bond acceptors (Lipinski definition) is 11. The van der Waals surface area contributed by atoms with E-state index in [1.54, 1.807) is 0 Å². The minimum atomic E-state index is -3.35. The maximum atomic E-state index is 7.30. The molecule has 2 heterocycles. The molecule has 0 aliphatic carbocycles. The van der Waals surface area contributed by atoms with Crippen molar-refractivity contribution in [2.75, 3.05) is 26.2 Å². The average molecular weight is 941 g/mol. The van der Waals surface area contributed by atoms with Crippen LogP contribution in [0, 0.1) is 27.7 Å². The highest BCUT2D eigenvalue weighted by Gasteiger charge is 2.54. The number of rotatable bonds is 12. The van der Waals surface area contributed by atoms with E-state index in [-0.39, 0.29) is 24.2 Å². The summed E-state index contributed by atoms with van der Waals surface area (Å²) in [6.45, 7) is 35.3. The van der Waals surface area contributed by atoms with Crippen LogP contribution in [0.1, 0.15) is 136 Å². The lowest BCUT2D eigenvalue weighted by atomic mass is 10.0. The van der Waals surface area contributed by atoms with Crippen LogP contribution in [0.3, 0.4) is 0 Å². The van der Waals surface area contributed by atoms with Gasteiger partial charge in [0.1, 0.15) is 0 Å².